The number of carbonyl (C=O) groups is 2. The van der Waals surface area contributed by atoms with Crippen molar-refractivity contribution in [3.05, 3.63) is 66.0 Å². The molecule has 0 fully saturated rings. The molecule has 0 aliphatic heterocycles. The summed E-state index contributed by atoms with van der Waals surface area (Å²) in [6.07, 6.45) is 6.13. The second-order valence-electron chi connectivity index (χ2n) is 4.37. The van der Waals surface area contributed by atoms with Crippen LogP contribution in [0.15, 0.2) is 54.9 Å². The van der Waals surface area contributed by atoms with Crippen molar-refractivity contribution < 1.29 is 14.7 Å². The minimum absolute atomic E-state index is 0.116. The number of pyridine rings is 1. The summed E-state index contributed by atoms with van der Waals surface area (Å²) in [5.74, 6) is -1.11. The Morgan fingerprint density at radius 2 is 1.76 bits per heavy atom. The molecule has 0 radical (unpaired) electrons. The maximum atomic E-state index is 11.9. The molecule has 2 N–H and O–H groups in total. The topological polar surface area (TPSA) is 79.3 Å². The fourth-order valence-electron chi connectivity index (χ4n) is 1.74. The van der Waals surface area contributed by atoms with Gasteiger partial charge >= 0.3 is 5.97 Å². The van der Waals surface area contributed by atoms with Crippen LogP contribution in [0.2, 0.25) is 0 Å². The molecule has 5 nitrogen and oxygen atoms in total. The predicted octanol–water partition coefficient (Wildman–Crippen LogP) is 2.36. The molecule has 0 unspecified atom stereocenters. The quantitative estimate of drug-likeness (QED) is 0.825. The number of carboxylic acid groups (broad SMARTS) is 1. The van der Waals surface area contributed by atoms with Crippen molar-refractivity contribution in [2.24, 2.45) is 0 Å². The molecule has 0 saturated heterocycles. The molecule has 0 saturated carbocycles. The Balaban J connectivity index is 1.94. The Kier molecular flexibility index (Phi) is 4.82. The molecule has 1 heterocycles. The Hall–Kier alpha value is -2.95. The maximum absolute atomic E-state index is 11.9. The number of rotatable bonds is 5. The minimum Gasteiger partial charge on any atom is -0.478 e. The molecule has 1 amide bonds. The molecular formula is C16H14N2O3. The summed E-state index contributed by atoms with van der Waals surface area (Å²) in [5.41, 5.74) is 2.31. The molecule has 0 bridgehead atoms. The van der Waals surface area contributed by atoms with Gasteiger partial charge in [0, 0.05) is 24.2 Å². The number of nitrogens with zero attached hydrogens (tertiary/aromatic N) is 1. The minimum atomic E-state index is -0.996. The van der Waals surface area contributed by atoms with Crippen LogP contribution < -0.4 is 5.32 Å². The average Bonchev–Trinajstić information content (AvgIpc) is 2.47. The number of hydrogen-bond acceptors (Lipinski definition) is 3. The normalized spacial score (nSPS) is 10.5. The van der Waals surface area contributed by atoms with Crippen molar-refractivity contribution in [3.8, 4) is 0 Å². The third-order valence-corrected chi connectivity index (χ3v) is 2.73. The highest BCUT2D eigenvalue weighted by atomic mass is 16.4. The van der Waals surface area contributed by atoms with Gasteiger partial charge in [0.15, 0.2) is 0 Å². The number of amides is 1. The number of anilines is 1. The smallest absolute Gasteiger partial charge is 0.328 e. The SMILES string of the molecule is O=C(O)C=Cc1ccc(NC(=O)Cc2ccncc2)cc1. The van der Waals surface area contributed by atoms with Gasteiger partial charge in [-0.05, 0) is 41.5 Å². The molecule has 0 aliphatic carbocycles. The molecule has 106 valence electrons. The molecule has 1 aromatic carbocycles. The van der Waals surface area contributed by atoms with Crippen LogP contribution in [0.25, 0.3) is 6.08 Å². The number of aromatic nitrogens is 1. The van der Waals surface area contributed by atoms with Crippen LogP contribution in [0, 0.1) is 0 Å². The Bertz CT molecular complexity index is 649. The van der Waals surface area contributed by atoms with Crippen molar-refractivity contribution in [1.29, 1.82) is 0 Å². The summed E-state index contributed by atoms with van der Waals surface area (Å²) >= 11 is 0. The van der Waals surface area contributed by atoms with E-state index < -0.39 is 5.97 Å². The van der Waals surface area contributed by atoms with E-state index in [2.05, 4.69) is 10.3 Å². The lowest BCUT2D eigenvalue weighted by atomic mass is 10.1. The van der Waals surface area contributed by atoms with Gasteiger partial charge in [0.05, 0.1) is 6.42 Å². The van der Waals surface area contributed by atoms with E-state index in [1.54, 1.807) is 48.8 Å². The van der Waals surface area contributed by atoms with E-state index in [1.165, 1.54) is 6.08 Å². The molecule has 0 atom stereocenters. The van der Waals surface area contributed by atoms with Crippen LogP contribution in [0.3, 0.4) is 0 Å². The molecular weight excluding hydrogens is 268 g/mol. The van der Waals surface area contributed by atoms with Gasteiger partial charge in [-0.15, -0.1) is 0 Å². The molecule has 21 heavy (non-hydrogen) atoms. The van der Waals surface area contributed by atoms with E-state index in [-0.39, 0.29) is 12.3 Å². The monoisotopic (exact) mass is 282 g/mol. The summed E-state index contributed by atoms with van der Waals surface area (Å²) in [7, 11) is 0. The second-order valence-corrected chi connectivity index (χ2v) is 4.37. The Labute approximate surface area is 122 Å². The van der Waals surface area contributed by atoms with Gasteiger partial charge in [0.1, 0.15) is 0 Å². The highest BCUT2D eigenvalue weighted by Crippen LogP contribution is 2.11. The van der Waals surface area contributed by atoms with Gasteiger partial charge < -0.3 is 10.4 Å². The van der Waals surface area contributed by atoms with E-state index in [4.69, 9.17) is 5.11 Å². The van der Waals surface area contributed by atoms with Crippen molar-refractivity contribution in [1.82, 2.24) is 4.98 Å². The summed E-state index contributed by atoms with van der Waals surface area (Å²) in [6.45, 7) is 0. The van der Waals surface area contributed by atoms with Crippen molar-refractivity contribution in [2.45, 2.75) is 6.42 Å². The molecule has 2 aromatic rings. The summed E-state index contributed by atoms with van der Waals surface area (Å²) in [5, 5.41) is 11.3. The highest BCUT2D eigenvalue weighted by molar-refractivity contribution is 5.92. The lowest BCUT2D eigenvalue weighted by Crippen LogP contribution is -2.14. The molecule has 0 aliphatic rings. The molecule has 0 spiro atoms. The number of hydrogen-bond donors (Lipinski definition) is 2. The summed E-state index contributed by atoms with van der Waals surface area (Å²) < 4.78 is 0. The first-order chi connectivity index (χ1) is 10.1. The zero-order valence-corrected chi connectivity index (χ0v) is 11.2. The zero-order chi connectivity index (χ0) is 15.1. The predicted molar refractivity (Wildman–Crippen MR) is 79.7 cm³/mol. The number of benzene rings is 1. The second kappa shape index (κ2) is 7.00. The van der Waals surface area contributed by atoms with Gasteiger partial charge in [-0.1, -0.05) is 12.1 Å². The molecule has 2 rings (SSSR count). The highest BCUT2D eigenvalue weighted by Gasteiger charge is 2.03. The van der Waals surface area contributed by atoms with Crippen molar-refractivity contribution >= 4 is 23.6 Å². The van der Waals surface area contributed by atoms with E-state index in [1.807, 2.05) is 0 Å². The van der Waals surface area contributed by atoms with Crippen LogP contribution in [-0.2, 0) is 16.0 Å². The average molecular weight is 282 g/mol. The fourth-order valence-corrected chi connectivity index (χ4v) is 1.74. The van der Waals surface area contributed by atoms with Gasteiger partial charge in [-0.2, -0.15) is 0 Å². The third-order valence-electron chi connectivity index (χ3n) is 2.73. The standard InChI is InChI=1S/C16H14N2O3/c19-15(11-13-7-9-17-10-8-13)18-14-4-1-12(2-5-14)3-6-16(20)21/h1-10H,11H2,(H,18,19)(H,20,21). The first-order valence-corrected chi connectivity index (χ1v) is 6.33. The van der Waals surface area contributed by atoms with Crippen molar-refractivity contribution in [2.75, 3.05) is 5.32 Å². The van der Waals surface area contributed by atoms with E-state index >= 15 is 0 Å². The van der Waals surface area contributed by atoms with Crippen molar-refractivity contribution in [3.63, 3.8) is 0 Å². The summed E-state index contributed by atoms with van der Waals surface area (Å²) in [6, 6.07) is 10.5. The lowest BCUT2D eigenvalue weighted by molar-refractivity contribution is -0.131. The largest absolute Gasteiger partial charge is 0.478 e. The number of carboxylic acids is 1. The summed E-state index contributed by atoms with van der Waals surface area (Å²) in [4.78, 5) is 26.2. The van der Waals surface area contributed by atoms with E-state index in [9.17, 15) is 9.59 Å². The van der Waals surface area contributed by atoms with E-state index in [0.717, 1.165) is 17.2 Å². The molecule has 1 aromatic heterocycles. The van der Waals surface area contributed by atoms with Gasteiger partial charge in [0.2, 0.25) is 5.91 Å². The first-order valence-electron chi connectivity index (χ1n) is 6.33. The van der Waals surface area contributed by atoms with Gasteiger partial charge in [-0.25, -0.2) is 4.79 Å². The Morgan fingerprint density at radius 3 is 2.38 bits per heavy atom. The number of aliphatic carboxylic acids is 1. The first kappa shape index (κ1) is 14.5. The zero-order valence-electron chi connectivity index (χ0n) is 11.2. The van der Waals surface area contributed by atoms with Gasteiger partial charge in [0.25, 0.3) is 0 Å². The van der Waals surface area contributed by atoms with E-state index in [0.29, 0.717) is 5.69 Å². The maximum Gasteiger partial charge on any atom is 0.328 e. The number of carbonyl (C=O) groups excluding carboxylic acids is 1. The van der Waals surface area contributed by atoms with Crippen LogP contribution in [0.4, 0.5) is 5.69 Å². The Morgan fingerprint density at radius 1 is 1.10 bits per heavy atom. The third kappa shape index (κ3) is 4.91. The van der Waals surface area contributed by atoms with Crippen LogP contribution in [0.1, 0.15) is 11.1 Å². The van der Waals surface area contributed by atoms with Crippen LogP contribution in [0.5, 0.6) is 0 Å². The van der Waals surface area contributed by atoms with Crippen LogP contribution >= 0.6 is 0 Å². The number of nitrogens with one attached hydrogen (secondary N) is 1. The lowest BCUT2D eigenvalue weighted by Gasteiger charge is -2.05. The molecule has 5 heteroatoms. The fraction of sp³-hybridized carbons (Fsp3) is 0.0625. The van der Waals surface area contributed by atoms with Gasteiger partial charge in [-0.3, -0.25) is 9.78 Å². The van der Waals surface area contributed by atoms with Crippen LogP contribution in [-0.4, -0.2) is 22.0 Å².